The van der Waals surface area contributed by atoms with Crippen molar-refractivity contribution in [2.45, 2.75) is 13.3 Å². The third-order valence-corrected chi connectivity index (χ3v) is 4.29. The lowest BCUT2D eigenvalue weighted by Gasteiger charge is -2.05. The van der Waals surface area contributed by atoms with E-state index in [0.29, 0.717) is 11.5 Å². The Balaban J connectivity index is 1.55. The van der Waals surface area contributed by atoms with E-state index in [1.54, 1.807) is 12.1 Å². The number of amides is 1. The number of hydrogen-bond donors (Lipinski definition) is 1. The quantitative estimate of drug-likeness (QED) is 0.547. The summed E-state index contributed by atoms with van der Waals surface area (Å²) in [4.78, 5) is 16.8. The van der Waals surface area contributed by atoms with E-state index in [0.717, 1.165) is 28.8 Å². The van der Waals surface area contributed by atoms with Gasteiger partial charge in [0.1, 0.15) is 5.52 Å². The first-order valence-electron chi connectivity index (χ1n) is 8.59. The topological polar surface area (TPSA) is 55.1 Å². The molecule has 0 aliphatic heterocycles. The fourth-order valence-electron chi connectivity index (χ4n) is 2.81. The third-order valence-electron chi connectivity index (χ3n) is 4.29. The highest BCUT2D eigenvalue weighted by Crippen LogP contribution is 2.26. The van der Waals surface area contributed by atoms with Crippen molar-refractivity contribution >= 4 is 22.7 Å². The fourth-order valence-corrected chi connectivity index (χ4v) is 2.81. The summed E-state index contributed by atoms with van der Waals surface area (Å²) < 4.78 is 5.85. The maximum absolute atomic E-state index is 12.2. The molecule has 128 valence electrons. The number of anilines is 1. The SMILES string of the molecule is CCc1ccc2oc(-c3ccc(NC(=O)c4ccccc4)cc3)nc2c1. The Morgan fingerprint density at radius 2 is 1.77 bits per heavy atom. The zero-order valence-electron chi connectivity index (χ0n) is 14.4. The average molecular weight is 342 g/mol. The molecule has 1 aromatic heterocycles. The van der Waals surface area contributed by atoms with Crippen LogP contribution in [0.15, 0.2) is 77.2 Å². The lowest BCUT2D eigenvalue weighted by atomic mass is 10.1. The number of benzene rings is 3. The highest BCUT2D eigenvalue weighted by atomic mass is 16.3. The maximum atomic E-state index is 12.2. The number of aromatic nitrogens is 1. The van der Waals surface area contributed by atoms with E-state index < -0.39 is 0 Å². The summed E-state index contributed by atoms with van der Waals surface area (Å²) in [5, 5.41) is 2.89. The molecular weight excluding hydrogens is 324 g/mol. The molecule has 0 atom stereocenters. The summed E-state index contributed by atoms with van der Waals surface area (Å²) in [6, 6.07) is 22.7. The summed E-state index contributed by atoms with van der Waals surface area (Å²) >= 11 is 0. The van der Waals surface area contributed by atoms with Crippen LogP contribution in [-0.4, -0.2) is 10.9 Å². The molecule has 1 amide bonds. The Morgan fingerprint density at radius 3 is 2.50 bits per heavy atom. The first-order chi connectivity index (χ1) is 12.7. The van der Waals surface area contributed by atoms with Gasteiger partial charge < -0.3 is 9.73 Å². The zero-order valence-corrected chi connectivity index (χ0v) is 14.4. The van der Waals surface area contributed by atoms with Gasteiger partial charge >= 0.3 is 0 Å². The van der Waals surface area contributed by atoms with Gasteiger partial charge in [0.05, 0.1) is 0 Å². The highest BCUT2D eigenvalue weighted by Gasteiger charge is 2.10. The van der Waals surface area contributed by atoms with Crippen LogP contribution < -0.4 is 5.32 Å². The first-order valence-corrected chi connectivity index (χ1v) is 8.59. The summed E-state index contributed by atoms with van der Waals surface area (Å²) in [5.41, 5.74) is 5.10. The van der Waals surface area contributed by atoms with Gasteiger partial charge in [0.2, 0.25) is 5.89 Å². The smallest absolute Gasteiger partial charge is 0.255 e. The van der Waals surface area contributed by atoms with Gasteiger partial charge in [-0.1, -0.05) is 31.2 Å². The second kappa shape index (κ2) is 6.84. The molecule has 0 spiro atoms. The van der Waals surface area contributed by atoms with Gasteiger partial charge in [-0.2, -0.15) is 0 Å². The largest absolute Gasteiger partial charge is 0.436 e. The lowest BCUT2D eigenvalue weighted by Crippen LogP contribution is -2.11. The van der Waals surface area contributed by atoms with Crippen molar-refractivity contribution < 1.29 is 9.21 Å². The van der Waals surface area contributed by atoms with Crippen molar-refractivity contribution in [1.29, 1.82) is 0 Å². The molecule has 0 aliphatic carbocycles. The molecule has 0 aliphatic rings. The normalized spacial score (nSPS) is 10.8. The Bertz CT molecular complexity index is 1050. The van der Waals surface area contributed by atoms with E-state index in [9.17, 15) is 4.79 Å². The monoisotopic (exact) mass is 342 g/mol. The Hall–Kier alpha value is -3.40. The van der Waals surface area contributed by atoms with Crippen molar-refractivity contribution in [2.24, 2.45) is 0 Å². The number of nitrogens with one attached hydrogen (secondary N) is 1. The predicted octanol–water partition coefficient (Wildman–Crippen LogP) is 5.31. The van der Waals surface area contributed by atoms with E-state index in [-0.39, 0.29) is 5.91 Å². The van der Waals surface area contributed by atoms with E-state index in [4.69, 9.17) is 4.42 Å². The molecule has 26 heavy (non-hydrogen) atoms. The molecule has 4 heteroatoms. The maximum Gasteiger partial charge on any atom is 0.255 e. The van der Waals surface area contributed by atoms with E-state index in [1.165, 1.54) is 5.56 Å². The lowest BCUT2D eigenvalue weighted by molar-refractivity contribution is 0.102. The van der Waals surface area contributed by atoms with Crippen molar-refractivity contribution in [3.8, 4) is 11.5 Å². The van der Waals surface area contributed by atoms with Crippen LogP contribution in [0.4, 0.5) is 5.69 Å². The third kappa shape index (κ3) is 3.22. The molecular formula is C22H18N2O2. The first kappa shape index (κ1) is 16.1. The summed E-state index contributed by atoms with van der Waals surface area (Å²) in [6.07, 6.45) is 0.966. The number of fused-ring (bicyclic) bond motifs is 1. The molecule has 4 aromatic rings. The van der Waals surface area contributed by atoms with Crippen LogP contribution >= 0.6 is 0 Å². The van der Waals surface area contributed by atoms with Crippen LogP contribution in [0.2, 0.25) is 0 Å². The second-order valence-electron chi connectivity index (χ2n) is 6.07. The molecule has 3 aromatic carbocycles. The van der Waals surface area contributed by atoms with Crippen LogP contribution in [0.25, 0.3) is 22.6 Å². The molecule has 1 N–H and O–H groups in total. The van der Waals surface area contributed by atoms with E-state index >= 15 is 0 Å². The summed E-state index contributed by atoms with van der Waals surface area (Å²) in [6.45, 7) is 2.12. The van der Waals surface area contributed by atoms with Crippen molar-refractivity contribution in [2.75, 3.05) is 5.32 Å². The van der Waals surface area contributed by atoms with Crippen LogP contribution in [0.3, 0.4) is 0 Å². The molecule has 0 fully saturated rings. The number of oxazole rings is 1. The minimum atomic E-state index is -0.132. The van der Waals surface area contributed by atoms with Gasteiger partial charge in [0, 0.05) is 16.8 Å². The van der Waals surface area contributed by atoms with Gasteiger partial charge in [-0.05, 0) is 60.5 Å². The molecule has 0 radical (unpaired) electrons. The molecule has 4 nitrogen and oxygen atoms in total. The van der Waals surface area contributed by atoms with Crippen LogP contribution in [0.1, 0.15) is 22.8 Å². The van der Waals surface area contributed by atoms with Crippen molar-refractivity contribution in [1.82, 2.24) is 4.98 Å². The Kier molecular flexibility index (Phi) is 4.23. The van der Waals surface area contributed by atoms with Crippen molar-refractivity contribution in [3.63, 3.8) is 0 Å². The number of carbonyl (C=O) groups is 1. The van der Waals surface area contributed by atoms with Crippen LogP contribution in [0, 0.1) is 0 Å². The minimum absolute atomic E-state index is 0.132. The van der Waals surface area contributed by atoms with Gasteiger partial charge in [0.25, 0.3) is 5.91 Å². The fraction of sp³-hybridized carbons (Fsp3) is 0.0909. The molecule has 1 heterocycles. The molecule has 4 rings (SSSR count). The molecule has 0 bridgehead atoms. The number of rotatable bonds is 4. The standard InChI is InChI=1S/C22H18N2O2/c1-2-15-8-13-20-19(14-15)24-22(26-20)17-9-11-18(12-10-17)23-21(25)16-6-4-3-5-7-16/h3-14H,2H2,1H3,(H,23,25). The number of aryl methyl sites for hydroxylation is 1. The Morgan fingerprint density at radius 1 is 1.00 bits per heavy atom. The second-order valence-corrected chi connectivity index (χ2v) is 6.07. The molecule has 0 saturated heterocycles. The zero-order chi connectivity index (χ0) is 17.9. The van der Waals surface area contributed by atoms with Crippen LogP contribution in [0.5, 0.6) is 0 Å². The minimum Gasteiger partial charge on any atom is -0.436 e. The van der Waals surface area contributed by atoms with Gasteiger partial charge in [-0.3, -0.25) is 4.79 Å². The van der Waals surface area contributed by atoms with Crippen molar-refractivity contribution in [3.05, 3.63) is 83.9 Å². The number of hydrogen-bond acceptors (Lipinski definition) is 3. The van der Waals surface area contributed by atoms with Gasteiger partial charge in [0.15, 0.2) is 5.58 Å². The summed E-state index contributed by atoms with van der Waals surface area (Å²) in [5.74, 6) is 0.446. The van der Waals surface area contributed by atoms with Gasteiger partial charge in [-0.15, -0.1) is 0 Å². The predicted molar refractivity (Wildman–Crippen MR) is 103 cm³/mol. The highest BCUT2D eigenvalue weighted by molar-refractivity contribution is 6.04. The van der Waals surface area contributed by atoms with Gasteiger partial charge in [-0.25, -0.2) is 4.98 Å². The van der Waals surface area contributed by atoms with E-state index in [1.807, 2.05) is 48.5 Å². The van der Waals surface area contributed by atoms with E-state index in [2.05, 4.69) is 29.4 Å². The number of carbonyl (C=O) groups excluding carboxylic acids is 1. The van der Waals surface area contributed by atoms with Crippen LogP contribution in [-0.2, 0) is 6.42 Å². The molecule has 0 unspecified atom stereocenters. The Labute approximate surface area is 151 Å². The summed E-state index contributed by atoms with van der Waals surface area (Å²) in [7, 11) is 0. The average Bonchev–Trinajstić information content (AvgIpc) is 3.12. The molecule has 0 saturated carbocycles. The number of nitrogens with zero attached hydrogens (tertiary/aromatic N) is 1.